The quantitative estimate of drug-likeness (QED) is 0.242. The summed E-state index contributed by atoms with van der Waals surface area (Å²) in [5.74, 6) is -0.834. The van der Waals surface area contributed by atoms with Gasteiger partial charge in [0.25, 0.3) is 15.8 Å². The van der Waals surface area contributed by atoms with Gasteiger partial charge < -0.3 is 10.6 Å². The van der Waals surface area contributed by atoms with Crippen molar-refractivity contribution in [2.24, 2.45) is 5.92 Å². The minimum atomic E-state index is -3.60. The highest BCUT2D eigenvalue weighted by molar-refractivity contribution is 7.85. The van der Waals surface area contributed by atoms with Crippen LogP contribution in [0.5, 0.6) is 0 Å². The van der Waals surface area contributed by atoms with Gasteiger partial charge in [0.05, 0.1) is 17.8 Å². The van der Waals surface area contributed by atoms with Gasteiger partial charge >= 0.3 is 0 Å². The monoisotopic (exact) mass is 418 g/mol. The molecule has 158 valence electrons. The number of nitrogens with zero attached hydrogens (tertiary/aromatic N) is 2. The van der Waals surface area contributed by atoms with Crippen LogP contribution < -0.4 is 10.6 Å². The topological polar surface area (TPSA) is 114 Å². The molecule has 2 rings (SSSR count). The fraction of sp³-hybridized carbons (Fsp3) is 0.667. The Morgan fingerprint density at radius 3 is 2.86 bits per heavy atom. The molecule has 0 spiro atoms. The first-order valence-corrected chi connectivity index (χ1v) is 11.0. The van der Waals surface area contributed by atoms with Crippen molar-refractivity contribution in [3.8, 4) is 0 Å². The van der Waals surface area contributed by atoms with Crippen LogP contribution in [-0.2, 0) is 20.8 Å². The minimum absolute atomic E-state index is 0.0306. The van der Waals surface area contributed by atoms with Crippen LogP contribution >= 0.6 is 0 Å². The largest absolute Gasteiger partial charge is 0.379 e. The summed E-state index contributed by atoms with van der Waals surface area (Å²) in [7, 11) is -3.60. The van der Waals surface area contributed by atoms with Crippen molar-refractivity contribution >= 4 is 21.5 Å². The maximum atomic E-state index is 11.4. The van der Waals surface area contributed by atoms with Gasteiger partial charge in [-0.15, -0.1) is 0 Å². The number of nitrogens with one attached hydrogen (secondary N) is 2. The number of benzene rings is 1. The lowest BCUT2D eigenvalue weighted by molar-refractivity contribution is -0.384. The molecule has 1 aliphatic rings. The molecule has 1 atom stereocenters. The molecule has 0 saturated carbocycles. The number of piperazine rings is 1. The number of hydrogen-bond donors (Lipinski definition) is 2. The van der Waals surface area contributed by atoms with Crippen LogP contribution in [0.1, 0.15) is 29.4 Å². The minimum Gasteiger partial charge on any atom is -0.379 e. The Labute approximate surface area is 172 Å². The predicted octanol–water partition coefficient (Wildman–Crippen LogP) is 1.80. The summed E-state index contributed by atoms with van der Waals surface area (Å²) in [5.41, 5.74) is 0.950. The second-order valence-corrected chi connectivity index (χ2v) is 8.45. The number of nitro groups is 1. The summed E-state index contributed by atoms with van der Waals surface area (Å²) in [6.45, 7) is 0.804. The summed E-state index contributed by atoms with van der Waals surface area (Å²) in [6.07, 6.45) is 1.32. The molecule has 10 heteroatoms. The number of nitro benzene ring substituents is 1. The van der Waals surface area contributed by atoms with Crippen molar-refractivity contribution in [3.05, 3.63) is 33.9 Å². The molecular formula is C18H30N4O5S. The zero-order chi connectivity index (χ0) is 23.9. The molecule has 1 fully saturated rings. The van der Waals surface area contributed by atoms with Crippen molar-refractivity contribution in [2.45, 2.75) is 26.2 Å². The maximum absolute atomic E-state index is 11.4. The first kappa shape index (κ1) is 17.1. The highest BCUT2D eigenvalue weighted by Gasteiger charge is 2.17. The molecule has 0 amide bonds. The molecule has 0 aliphatic carbocycles. The van der Waals surface area contributed by atoms with E-state index in [-0.39, 0.29) is 37.4 Å². The summed E-state index contributed by atoms with van der Waals surface area (Å²) in [4.78, 5) is 13.1. The third-order valence-corrected chi connectivity index (χ3v) is 4.94. The van der Waals surface area contributed by atoms with Gasteiger partial charge in [-0.2, -0.15) is 8.42 Å². The van der Waals surface area contributed by atoms with Crippen LogP contribution in [0, 0.1) is 16.0 Å². The van der Waals surface area contributed by atoms with Crippen molar-refractivity contribution in [2.75, 3.05) is 50.9 Å². The molecule has 0 radical (unpaired) electrons. The first-order chi connectivity index (χ1) is 14.8. The Balaban J connectivity index is 2.05. The zero-order valence-electron chi connectivity index (χ0n) is 20.0. The van der Waals surface area contributed by atoms with Crippen LogP contribution in [-0.4, -0.2) is 63.8 Å². The maximum Gasteiger partial charge on any atom is 0.292 e. The molecule has 0 bridgehead atoms. The number of hydrogen-bond acceptors (Lipinski definition) is 8. The normalized spacial score (nSPS) is 19.9. The lowest BCUT2D eigenvalue weighted by Crippen LogP contribution is -2.42. The van der Waals surface area contributed by atoms with E-state index < -0.39 is 27.8 Å². The Hall–Kier alpha value is -1.75. The summed E-state index contributed by atoms with van der Waals surface area (Å²) in [6, 6.07) is 4.75. The molecule has 1 heterocycles. The molecule has 28 heavy (non-hydrogen) atoms. The number of anilines is 1. The van der Waals surface area contributed by atoms with Gasteiger partial charge in [0.1, 0.15) is 7.10 Å². The molecule has 1 aromatic rings. The van der Waals surface area contributed by atoms with Crippen molar-refractivity contribution in [1.82, 2.24) is 10.2 Å². The molecular weight excluding hydrogens is 384 g/mol. The van der Waals surface area contributed by atoms with E-state index in [2.05, 4.69) is 14.4 Å². The van der Waals surface area contributed by atoms with E-state index in [9.17, 15) is 18.5 Å². The van der Waals surface area contributed by atoms with Crippen molar-refractivity contribution in [3.63, 3.8) is 0 Å². The lowest BCUT2D eigenvalue weighted by Gasteiger charge is -2.27. The van der Waals surface area contributed by atoms with Crippen LogP contribution in [0.15, 0.2) is 18.2 Å². The highest BCUT2D eigenvalue weighted by Crippen LogP contribution is 2.26. The average molecular weight is 419 g/mol. The Bertz CT molecular complexity index is 877. The number of rotatable bonds is 11. The second-order valence-electron chi connectivity index (χ2n) is 6.80. The predicted molar refractivity (Wildman–Crippen MR) is 109 cm³/mol. The van der Waals surface area contributed by atoms with Gasteiger partial charge in [-0.1, -0.05) is 12.9 Å². The second kappa shape index (κ2) is 10.7. The van der Waals surface area contributed by atoms with E-state index in [1.54, 1.807) is 12.1 Å². The third-order valence-electron chi connectivity index (χ3n) is 4.35. The smallest absolute Gasteiger partial charge is 0.292 e. The van der Waals surface area contributed by atoms with Crippen LogP contribution in [0.4, 0.5) is 11.4 Å². The lowest BCUT2D eigenvalue weighted by atomic mass is 10.1. The zero-order valence-corrected chi connectivity index (χ0v) is 16.8. The first-order valence-electron chi connectivity index (χ1n) is 11.1. The van der Waals surface area contributed by atoms with Gasteiger partial charge in [-0.3, -0.25) is 19.2 Å². The average Bonchev–Trinajstić information content (AvgIpc) is 2.67. The van der Waals surface area contributed by atoms with E-state index in [0.717, 1.165) is 24.9 Å². The standard InChI is InChI=1S/C18H30N4O5S/c1-15(4-3-11-27-28(2,25)26)13-20-17-12-16(5-6-18(17)22(23)24)14-21-9-7-19-8-10-21/h5-6,12,15,19-20H,3-4,7-11,13-14H2,1-2H3/i1D3/hD. The Kier molecular flexibility index (Phi) is 6.55. The molecule has 1 aliphatic heterocycles. The summed E-state index contributed by atoms with van der Waals surface area (Å²) < 4.78 is 57.7. The molecule has 9 nitrogen and oxygen atoms in total. The van der Waals surface area contributed by atoms with Crippen LogP contribution in [0.2, 0.25) is 1.41 Å². The fourth-order valence-electron chi connectivity index (χ4n) is 2.92. The van der Waals surface area contributed by atoms with Crippen LogP contribution in [0.3, 0.4) is 0 Å². The van der Waals surface area contributed by atoms with Crippen molar-refractivity contribution < 1.29 is 23.0 Å². The molecule has 0 aromatic heterocycles. The molecule has 1 unspecified atom stereocenters. The van der Waals surface area contributed by atoms with Crippen molar-refractivity contribution in [1.29, 1.82) is 0 Å². The molecule has 1 aromatic carbocycles. The molecule has 2 N–H and O–H groups in total. The SMILES string of the molecule is [2H]N1CCN(Cc2ccc([N+](=O)[O-])c(NCC(CCCOS(C)(=O)=O)C([2H])([2H])[2H])c2)CC1. The summed E-state index contributed by atoms with van der Waals surface area (Å²) in [5, 5.41) is 15.9. The van der Waals surface area contributed by atoms with Gasteiger partial charge in [0, 0.05) is 49.4 Å². The van der Waals surface area contributed by atoms with Gasteiger partial charge in [-0.05, 0) is 30.4 Å². The third kappa shape index (κ3) is 8.09. The van der Waals surface area contributed by atoms with Gasteiger partial charge in [-0.25, -0.2) is 0 Å². The van der Waals surface area contributed by atoms with E-state index in [0.29, 0.717) is 19.6 Å². The Morgan fingerprint density at radius 1 is 1.46 bits per heavy atom. The van der Waals surface area contributed by atoms with E-state index in [1.165, 1.54) is 11.4 Å². The van der Waals surface area contributed by atoms with Gasteiger partial charge in [0.15, 0.2) is 0 Å². The van der Waals surface area contributed by atoms with E-state index in [4.69, 9.17) is 5.52 Å². The summed E-state index contributed by atoms with van der Waals surface area (Å²) >= 11 is 0. The van der Waals surface area contributed by atoms with Gasteiger partial charge in [0.2, 0.25) is 0 Å². The Morgan fingerprint density at radius 2 is 2.21 bits per heavy atom. The van der Waals surface area contributed by atoms with E-state index >= 15 is 0 Å². The fourth-order valence-corrected chi connectivity index (χ4v) is 3.34. The molecule has 1 saturated heterocycles. The van der Waals surface area contributed by atoms with E-state index in [1.807, 2.05) is 0 Å². The highest BCUT2D eigenvalue weighted by atomic mass is 32.2. The van der Waals surface area contributed by atoms with Crippen LogP contribution in [0.25, 0.3) is 0 Å².